The Morgan fingerprint density at radius 3 is 2.64 bits per heavy atom. The maximum atomic E-state index is 12.7. The van der Waals surface area contributed by atoms with Gasteiger partial charge in [0.1, 0.15) is 5.00 Å². The number of halogens is 2. The molecule has 0 bridgehead atoms. The van der Waals surface area contributed by atoms with Crippen molar-refractivity contribution in [2.75, 3.05) is 17.2 Å². The molecule has 2 aromatic rings. The summed E-state index contributed by atoms with van der Waals surface area (Å²) in [6.07, 6.45) is 6.63. The molecule has 2 N–H and O–H groups in total. The van der Waals surface area contributed by atoms with Crippen molar-refractivity contribution in [1.82, 2.24) is 0 Å². The lowest BCUT2D eigenvalue weighted by molar-refractivity contribution is 0.0526. The zero-order valence-corrected chi connectivity index (χ0v) is 20.4. The number of thiophene rings is 1. The number of carbonyl (C=O) groups is 1. The van der Waals surface area contributed by atoms with E-state index in [4.69, 9.17) is 17.0 Å². The van der Waals surface area contributed by atoms with E-state index in [1.165, 1.54) is 17.7 Å². The molecule has 28 heavy (non-hydrogen) atoms. The first kappa shape index (κ1) is 21.7. The molecule has 150 valence electrons. The minimum absolute atomic E-state index is 0.268. The second kappa shape index (κ2) is 10.2. The molecular weight excluding hydrogens is 524 g/mol. The molecular formula is C20H22Br2N2O2S2. The number of thiocarbonyl (C=S) groups is 1. The minimum atomic E-state index is -0.268. The molecule has 0 saturated carbocycles. The molecule has 0 saturated heterocycles. The maximum Gasteiger partial charge on any atom is 0.341 e. The largest absolute Gasteiger partial charge is 0.462 e. The Morgan fingerprint density at radius 2 is 1.93 bits per heavy atom. The molecule has 1 heterocycles. The van der Waals surface area contributed by atoms with Crippen molar-refractivity contribution >= 4 is 77.2 Å². The molecule has 0 aliphatic heterocycles. The molecule has 4 nitrogen and oxygen atoms in total. The number of aryl methyl sites for hydroxylation is 1. The van der Waals surface area contributed by atoms with Crippen LogP contribution in [0, 0.1) is 0 Å². The number of benzene rings is 1. The number of anilines is 2. The van der Waals surface area contributed by atoms with Crippen LogP contribution >= 0.6 is 55.4 Å². The highest BCUT2D eigenvalue weighted by Gasteiger charge is 2.25. The lowest BCUT2D eigenvalue weighted by Gasteiger charge is -2.13. The highest BCUT2D eigenvalue weighted by atomic mass is 79.9. The maximum absolute atomic E-state index is 12.7. The van der Waals surface area contributed by atoms with Gasteiger partial charge in [0.05, 0.1) is 17.9 Å². The van der Waals surface area contributed by atoms with Gasteiger partial charge in [-0.3, -0.25) is 0 Å². The fraction of sp³-hybridized carbons (Fsp3) is 0.400. The third-order valence-electron chi connectivity index (χ3n) is 4.56. The smallest absolute Gasteiger partial charge is 0.341 e. The van der Waals surface area contributed by atoms with Gasteiger partial charge >= 0.3 is 5.97 Å². The number of rotatable bonds is 4. The van der Waals surface area contributed by atoms with Gasteiger partial charge in [-0.15, -0.1) is 11.3 Å². The Balaban J connectivity index is 1.86. The van der Waals surface area contributed by atoms with Crippen LogP contribution in [0.25, 0.3) is 0 Å². The minimum Gasteiger partial charge on any atom is -0.462 e. The van der Waals surface area contributed by atoms with Gasteiger partial charge in [0.25, 0.3) is 0 Å². The first-order valence-electron chi connectivity index (χ1n) is 9.34. The van der Waals surface area contributed by atoms with Gasteiger partial charge in [0, 0.05) is 13.8 Å². The van der Waals surface area contributed by atoms with Crippen LogP contribution in [0.15, 0.2) is 27.1 Å². The molecule has 8 heteroatoms. The fourth-order valence-corrected chi connectivity index (χ4v) is 5.98. The van der Waals surface area contributed by atoms with Gasteiger partial charge in [0.2, 0.25) is 0 Å². The summed E-state index contributed by atoms with van der Waals surface area (Å²) < 4.78 is 7.23. The Morgan fingerprint density at radius 1 is 1.18 bits per heavy atom. The lowest BCUT2D eigenvalue weighted by atomic mass is 9.96. The fourth-order valence-electron chi connectivity index (χ4n) is 3.27. The van der Waals surface area contributed by atoms with Crippen LogP contribution in [-0.2, 0) is 17.6 Å². The van der Waals surface area contributed by atoms with Gasteiger partial charge in [0.15, 0.2) is 5.11 Å². The van der Waals surface area contributed by atoms with Gasteiger partial charge in [-0.05, 0) is 84.5 Å². The van der Waals surface area contributed by atoms with Crippen LogP contribution in [0.1, 0.15) is 53.4 Å². The van der Waals surface area contributed by atoms with Crippen molar-refractivity contribution in [3.8, 4) is 0 Å². The highest BCUT2D eigenvalue weighted by Crippen LogP contribution is 2.38. The number of esters is 1. The molecule has 0 spiro atoms. The SMILES string of the molecule is CCOC(=O)c1c(NC(=S)Nc2ccc(Br)cc2Br)sc2c1CCCCCC2. The van der Waals surface area contributed by atoms with E-state index in [0.29, 0.717) is 17.3 Å². The molecule has 0 amide bonds. The first-order chi connectivity index (χ1) is 13.5. The summed E-state index contributed by atoms with van der Waals surface area (Å²) in [6, 6.07) is 5.82. The lowest BCUT2D eigenvalue weighted by Crippen LogP contribution is -2.20. The predicted molar refractivity (Wildman–Crippen MR) is 128 cm³/mol. The average molecular weight is 546 g/mol. The quantitative estimate of drug-likeness (QED) is 0.322. The van der Waals surface area contributed by atoms with Crippen molar-refractivity contribution < 1.29 is 9.53 Å². The molecule has 1 aromatic heterocycles. The van der Waals surface area contributed by atoms with Crippen LogP contribution in [0.2, 0.25) is 0 Å². The van der Waals surface area contributed by atoms with E-state index in [9.17, 15) is 4.79 Å². The van der Waals surface area contributed by atoms with E-state index >= 15 is 0 Å². The summed E-state index contributed by atoms with van der Waals surface area (Å²) in [5.74, 6) is -0.268. The summed E-state index contributed by atoms with van der Waals surface area (Å²) in [5, 5.41) is 7.66. The number of hydrogen-bond donors (Lipinski definition) is 2. The van der Waals surface area contributed by atoms with Crippen LogP contribution in [-0.4, -0.2) is 17.7 Å². The van der Waals surface area contributed by atoms with Crippen molar-refractivity contribution in [2.45, 2.75) is 45.4 Å². The van der Waals surface area contributed by atoms with Gasteiger partial charge < -0.3 is 15.4 Å². The van der Waals surface area contributed by atoms with Gasteiger partial charge in [-0.2, -0.15) is 0 Å². The molecule has 1 aliphatic carbocycles. The van der Waals surface area contributed by atoms with Crippen LogP contribution in [0.4, 0.5) is 10.7 Å². The van der Waals surface area contributed by atoms with Crippen molar-refractivity contribution in [1.29, 1.82) is 0 Å². The van der Waals surface area contributed by atoms with E-state index in [1.807, 2.05) is 25.1 Å². The number of fused-ring (bicyclic) bond motifs is 1. The highest BCUT2D eigenvalue weighted by molar-refractivity contribution is 9.11. The normalized spacial score (nSPS) is 13.8. The van der Waals surface area contributed by atoms with Gasteiger partial charge in [-0.25, -0.2) is 4.79 Å². The summed E-state index contributed by atoms with van der Waals surface area (Å²) in [4.78, 5) is 14.0. The third-order valence-corrected chi connectivity index (χ3v) is 7.12. The van der Waals surface area contributed by atoms with Crippen molar-refractivity contribution in [3.05, 3.63) is 43.1 Å². The molecule has 0 atom stereocenters. The third kappa shape index (κ3) is 5.34. The second-order valence-corrected chi connectivity index (χ2v) is 9.83. The number of nitrogens with one attached hydrogen (secondary N) is 2. The first-order valence-corrected chi connectivity index (χ1v) is 12.2. The summed E-state index contributed by atoms with van der Waals surface area (Å²) in [5.41, 5.74) is 2.65. The Labute approximate surface area is 191 Å². The Kier molecular flexibility index (Phi) is 7.91. The second-order valence-electron chi connectivity index (χ2n) is 6.55. The zero-order chi connectivity index (χ0) is 20.1. The standard InChI is InChI=1S/C20H22Br2N2O2S2/c1-2-26-19(25)17-13-7-5-3-4-6-8-16(13)28-18(17)24-20(27)23-15-10-9-12(21)11-14(15)22/h9-11H,2-8H2,1H3,(H2,23,24,27). The molecule has 0 radical (unpaired) electrons. The summed E-state index contributed by atoms with van der Waals surface area (Å²) in [7, 11) is 0. The zero-order valence-electron chi connectivity index (χ0n) is 15.6. The number of hydrogen-bond acceptors (Lipinski definition) is 4. The van der Waals surface area contributed by atoms with E-state index < -0.39 is 0 Å². The number of ether oxygens (including phenoxy) is 1. The summed E-state index contributed by atoms with van der Waals surface area (Å²) >= 11 is 14.1. The predicted octanol–water partition coefficient (Wildman–Crippen LogP) is 6.92. The molecule has 0 fully saturated rings. The van der Waals surface area contributed by atoms with E-state index in [0.717, 1.165) is 50.9 Å². The number of carbonyl (C=O) groups excluding carboxylic acids is 1. The van der Waals surface area contributed by atoms with Crippen LogP contribution < -0.4 is 10.6 Å². The van der Waals surface area contributed by atoms with E-state index in [2.05, 4.69) is 42.5 Å². The van der Waals surface area contributed by atoms with Crippen molar-refractivity contribution in [3.63, 3.8) is 0 Å². The Hall–Kier alpha value is -0.960. The van der Waals surface area contributed by atoms with Crippen LogP contribution in [0.5, 0.6) is 0 Å². The van der Waals surface area contributed by atoms with Gasteiger partial charge in [-0.1, -0.05) is 28.8 Å². The Bertz CT molecular complexity index is 883. The summed E-state index contributed by atoms with van der Waals surface area (Å²) in [6.45, 7) is 2.19. The van der Waals surface area contributed by atoms with E-state index in [-0.39, 0.29) is 5.97 Å². The molecule has 0 unspecified atom stereocenters. The monoisotopic (exact) mass is 544 g/mol. The van der Waals surface area contributed by atoms with E-state index in [1.54, 1.807) is 11.3 Å². The van der Waals surface area contributed by atoms with Crippen molar-refractivity contribution in [2.24, 2.45) is 0 Å². The average Bonchev–Trinajstić information content (AvgIpc) is 2.94. The molecule has 1 aromatic carbocycles. The molecule has 1 aliphatic rings. The van der Waals surface area contributed by atoms with Crippen LogP contribution in [0.3, 0.4) is 0 Å². The topological polar surface area (TPSA) is 50.4 Å². The molecule has 3 rings (SSSR count).